The van der Waals surface area contributed by atoms with Gasteiger partial charge in [0.15, 0.2) is 17.1 Å². The zero-order valence-corrected chi connectivity index (χ0v) is 19.1. The Kier molecular flexibility index (Phi) is 7.40. The summed E-state index contributed by atoms with van der Waals surface area (Å²) in [5.74, 6) is 1.39. The van der Waals surface area contributed by atoms with Gasteiger partial charge in [-0.15, -0.1) is 27.0 Å². The summed E-state index contributed by atoms with van der Waals surface area (Å²) in [5.41, 5.74) is 0. The van der Waals surface area contributed by atoms with Crippen LogP contribution in [0.25, 0.3) is 0 Å². The Bertz CT molecular complexity index is 989. The fourth-order valence-electron chi connectivity index (χ4n) is 2.41. The van der Waals surface area contributed by atoms with E-state index in [9.17, 15) is 4.79 Å². The molecule has 8 nitrogen and oxygen atoms in total. The summed E-state index contributed by atoms with van der Waals surface area (Å²) in [6, 6.07) is 7.58. The summed E-state index contributed by atoms with van der Waals surface area (Å²) in [6.07, 6.45) is 1.43. The average Bonchev–Trinajstić information content (AvgIpc) is 3.28. The van der Waals surface area contributed by atoms with Crippen LogP contribution in [0.4, 0.5) is 5.13 Å². The minimum Gasteiger partial charge on any atom is -0.483 e. The van der Waals surface area contributed by atoms with Gasteiger partial charge in [-0.05, 0) is 38.1 Å². The number of thioether (sulfide) groups is 1. The van der Waals surface area contributed by atoms with E-state index in [-0.39, 0.29) is 17.8 Å². The lowest BCUT2D eigenvalue weighted by molar-refractivity contribution is -0.113. The van der Waals surface area contributed by atoms with Gasteiger partial charge in [0, 0.05) is 11.0 Å². The zero-order chi connectivity index (χ0) is 20.8. The van der Waals surface area contributed by atoms with Crippen molar-refractivity contribution in [3.8, 4) is 5.75 Å². The van der Waals surface area contributed by atoms with E-state index < -0.39 is 0 Å². The predicted octanol–water partition coefficient (Wildman–Crippen LogP) is 4.26. The Morgan fingerprint density at radius 2 is 2.10 bits per heavy atom. The third-order valence-electron chi connectivity index (χ3n) is 3.65. The number of amides is 1. The average molecular weight is 495 g/mol. The largest absolute Gasteiger partial charge is 0.483 e. The number of hydrogen-bond acceptors (Lipinski definition) is 8. The minimum absolute atomic E-state index is 0.176. The third-order valence-corrected chi connectivity index (χ3v) is 5.90. The zero-order valence-electron chi connectivity index (χ0n) is 15.8. The highest BCUT2D eigenvalue weighted by Gasteiger charge is 2.20. The maximum absolute atomic E-state index is 12.2. The van der Waals surface area contributed by atoms with Gasteiger partial charge in [-0.3, -0.25) is 14.7 Å². The number of ether oxygens (including phenoxy) is 1. The highest BCUT2D eigenvalue weighted by molar-refractivity contribution is 9.10. The van der Waals surface area contributed by atoms with E-state index in [1.165, 1.54) is 23.1 Å². The molecular formula is C18H19BrN6O2S2. The molecule has 11 heteroatoms. The maximum Gasteiger partial charge on any atom is 0.236 e. The first-order valence-electron chi connectivity index (χ1n) is 8.65. The Morgan fingerprint density at radius 1 is 1.34 bits per heavy atom. The molecule has 1 unspecified atom stereocenters. The van der Waals surface area contributed by atoms with Gasteiger partial charge in [0.1, 0.15) is 10.8 Å². The second-order valence-electron chi connectivity index (χ2n) is 5.92. The summed E-state index contributed by atoms with van der Waals surface area (Å²) < 4.78 is 8.85. The van der Waals surface area contributed by atoms with Crippen molar-refractivity contribution in [3.63, 3.8) is 0 Å². The van der Waals surface area contributed by atoms with Crippen molar-refractivity contribution in [1.29, 1.82) is 0 Å². The normalized spacial score (nSPS) is 11.8. The van der Waals surface area contributed by atoms with Crippen molar-refractivity contribution >= 4 is 50.1 Å². The first kappa shape index (κ1) is 21.5. The van der Waals surface area contributed by atoms with E-state index >= 15 is 0 Å². The lowest BCUT2D eigenvalue weighted by atomic mass is 10.3. The van der Waals surface area contributed by atoms with E-state index in [1.807, 2.05) is 42.7 Å². The maximum atomic E-state index is 12.2. The Morgan fingerprint density at radius 3 is 2.76 bits per heavy atom. The Balaban J connectivity index is 1.66. The van der Waals surface area contributed by atoms with Gasteiger partial charge in [-0.2, -0.15) is 0 Å². The number of nitrogens with one attached hydrogen (secondary N) is 1. The molecule has 0 aliphatic heterocycles. The fraction of sp³-hybridized carbons (Fsp3) is 0.278. The molecule has 2 heterocycles. The van der Waals surface area contributed by atoms with Gasteiger partial charge in [-0.25, -0.2) is 0 Å². The van der Waals surface area contributed by atoms with Crippen LogP contribution in [0.5, 0.6) is 5.75 Å². The molecule has 0 bridgehead atoms. The molecule has 29 heavy (non-hydrogen) atoms. The van der Waals surface area contributed by atoms with Gasteiger partial charge in [0.2, 0.25) is 11.0 Å². The standard InChI is InChI=1S/C18H19BrN6O2S2/c1-4-9-25-16(11(2)27-14-7-5-13(19)6-8-14)22-24-18(25)28-10-15(26)20-17-23-21-12(3)29-17/h4-8,11H,1,9-10H2,2-3H3,(H,20,23,26). The molecule has 1 atom stereocenters. The van der Waals surface area contributed by atoms with Crippen LogP contribution in [-0.2, 0) is 11.3 Å². The molecule has 0 aliphatic carbocycles. The fourth-order valence-corrected chi connectivity index (χ4v) is 4.04. The Labute approximate surface area is 184 Å². The molecule has 0 saturated heterocycles. The molecule has 3 aromatic rings. The number of carbonyl (C=O) groups is 1. The number of benzene rings is 1. The molecule has 0 spiro atoms. The molecule has 0 radical (unpaired) electrons. The van der Waals surface area contributed by atoms with Crippen LogP contribution in [0.15, 0.2) is 46.5 Å². The molecule has 0 saturated carbocycles. The summed E-state index contributed by atoms with van der Waals surface area (Å²) in [6.45, 7) is 8.05. The van der Waals surface area contributed by atoms with Gasteiger partial charge in [0.25, 0.3) is 0 Å². The topological polar surface area (TPSA) is 94.8 Å². The molecule has 152 valence electrons. The summed E-state index contributed by atoms with van der Waals surface area (Å²) in [4.78, 5) is 12.2. The number of carbonyl (C=O) groups excluding carboxylic acids is 1. The molecule has 0 aliphatic rings. The van der Waals surface area contributed by atoms with Crippen LogP contribution in [0, 0.1) is 6.92 Å². The van der Waals surface area contributed by atoms with Crippen molar-refractivity contribution < 1.29 is 9.53 Å². The van der Waals surface area contributed by atoms with Crippen molar-refractivity contribution in [2.24, 2.45) is 0 Å². The summed E-state index contributed by atoms with van der Waals surface area (Å²) >= 11 is 6.03. The monoisotopic (exact) mass is 494 g/mol. The van der Waals surface area contributed by atoms with Crippen LogP contribution >= 0.6 is 39.0 Å². The highest BCUT2D eigenvalue weighted by Crippen LogP contribution is 2.26. The van der Waals surface area contributed by atoms with E-state index in [2.05, 4.69) is 48.2 Å². The first-order valence-corrected chi connectivity index (χ1v) is 11.2. The van der Waals surface area contributed by atoms with Gasteiger partial charge in [-0.1, -0.05) is 45.1 Å². The van der Waals surface area contributed by atoms with Gasteiger partial charge < -0.3 is 4.74 Å². The van der Waals surface area contributed by atoms with E-state index in [0.717, 1.165) is 15.2 Å². The van der Waals surface area contributed by atoms with Crippen molar-refractivity contribution in [3.05, 3.63) is 52.2 Å². The quantitative estimate of drug-likeness (QED) is 0.350. The van der Waals surface area contributed by atoms with Crippen LogP contribution in [-0.4, -0.2) is 36.6 Å². The number of anilines is 1. The molecule has 3 rings (SSSR count). The Hall–Kier alpha value is -2.24. The lowest BCUT2D eigenvalue weighted by Gasteiger charge is -2.15. The van der Waals surface area contributed by atoms with Crippen molar-refractivity contribution in [1.82, 2.24) is 25.0 Å². The number of halogens is 1. The molecule has 1 N–H and O–H groups in total. The number of hydrogen-bond donors (Lipinski definition) is 1. The SMILES string of the molecule is C=CCn1c(SCC(=O)Nc2nnc(C)s2)nnc1C(C)Oc1ccc(Br)cc1. The predicted molar refractivity (Wildman–Crippen MR) is 117 cm³/mol. The number of nitrogens with zero attached hydrogens (tertiary/aromatic N) is 5. The van der Waals surface area contributed by atoms with Gasteiger partial charge >= 0.3 is 0 Å². The van der Waals surface area contributed by atoms with Crippen molar-refractivity contribution in [2.75, 3.05) is 11.1 Å². The number of rotatable bonds is 9. The number of aryl methyl sites for hydroxylation is 1. The summed E-state index contributed by atoms with van der Waals surface area (Å²) in [5, 5.41) is 20.9. The van der Waals surface area contributed by atoms with Crippen molar-refractivity contribution in [2.45, 2.75) is 31.7 Å². The lowest BCUT2D eigenvalue weighted by Crippen LogP contribution is -2.15. The second-order valence-corrected chi connectivity index (χ2v) is 8.96. The molecular weight excluding hydrogens is 476 g/mol. The first-order chi connectivity index (χ1) is 14.0. The molecule has 1 amide bonds. The van der Waals surface area contributed by atoms with E-state index in [1.54, 1.807) is 6.08 Å². The summed E-state index contributed by atoms with van der Waals surface area (Å²) in [7, 11) is 0. The van der Waals surface area contributed by atoms with Crippen LogP contribution in [0.3, 0.4) is 0 Å². The number of aromatic nitrogens is 5. The smallest absolute Gasteiger partial charge is 0.236 e. The van der Waals surface area contributed by atoms with Crippen LogP contribution in [0.2, 0.25) is 0 Å². The highest BCUT2D eigenvalue weighted by atomic mass is 79.9. The van der Waals surface area contributed by atoms with E-state index in [4.69, 9.17) is 4.74 Å². The van der Waals surface area contributed by atoms with Gasteiger partial charge in [0.05, 0.1) is 5.75 Å². The van der Waals surface area contributed by atoms with Crippen LogP contribution < -0.4 is 10.1 Å². The number of allylic oxidation sites excluding steroid dienone is 1. The minimum atomic E-state index is -0.323. The molecule has 1 aromatic carbocycles. The van der Waals surface area contributed by atoms with E-state index in [0.29, 0.717) is 22.7 Å². The molecule has 2 aromatic heterocycles. The molecule has 0 fully saturated rings. The van der Waals surface area contributed by atoms with Crippen LogP contribution in [0.1, 0.15) is 23.9 Å². The second kappa shape index (κ2) is 9.99. The third kappa shape index (κ3) is 5.87.